The molecule has 6 heteroatoms. The highest BCUT2D eigenvalue weighted by atomic mass is 32.1. The molecule has 0 bridgehead atoms. The number of anilines is 3. The molecule has 2 aromatic heterocycles. The van der Waals surface area contributed by atoms with Gasteiger partial charge in [0.25, 0.3) is 0 Å². The largest absolute Gasteiger partial charge is 0.396 e. The minimum atomic E-state index is 0.415. The molecule has 5 nitrogen and oxygen atoms in total. The number of piperidine rings is 1. The maximum absolute atomic E-state index is 5.96. The smallest absolute Gasteiger partial charge is 0.186 e. The molecule has 1 fully saturated rings. The number of nitrogen functional groups attached to an aromatic ring is 1. The lowest BCUT2D eigenvalue weighted by Gasteiger charge is -2.32. The Morgan fingerprint density at radius 1 is 1.13 bits per heavy atom. The number of pyridine rings is 1. The van der Waals surface area contributed by atoms with E-state index in [1.807, 2.05) is 18.2 Å². The third-order valence-corrected chi connectivity index (χ3v) is 5.33. The van der Waals surface area contributed by atoms with Gasteiger partial charge in [0.1, 0.15) is 5.82 Å². The lowest BCUT2D eigenvalue weighted by molar-refractivity contribution is 0.525. The number of nitrogens with zero attached hydrogens (tertiary/aromatic N) is 3. The van der Waals surface area contributed by atoms with Crippen molar-refractivity contribution in [3.05, 3.63) is 42.6 Å². The number of nitrogens with two attached hydrogens (primary N) is 1. The number of fused-ring (bicyclic) bond motifs is 1. The van der Waals surface area contributed by atoms with Crippen molar-refractivity contribution >= 4 is 38.2 Å². The van der Waals surface area contributed by atoms with Crippen molar-refractivity contribution in [2.75, 3.05) is 29.0 Å². The van der Waals surface area contributed by atoms with Gasteiger partial charge in [0.05, 0.1) is 15.9 Å². The predicted molar refractivity (Wildman–Crippen MR) is 97.1 cm³/mol. The fraction of sp³-hybridized carbons (Fsp3) is 0.294. The molecule has 0 spiro atoms. The van der Waals surface area contributed by atoms with E-state index < -0.39 is 0 Å². The molecule has 1 saturated heterocycles. The highest BCUT2D eigenvalue weighted by Crippen LogP contribution is 2.30. The highest BCUT2D eigenvalue weighted by molar-refractivity contribution is 7.22. The summed E-state index contributed by atoms with van der Waals surface area (Å²) >= 11 is 1.77. The van der Waals surface area contributed by atoms with E-state index in [1.54, 1.807) is 17.5 Å². The van der Waals surface area contributed by atoms with Crippen LogP contribution in [0.4, 0.5) is 16.6 Å². The highest BCUT2D eigenvalue weighted by Gasteiger charge is 2.22. The molecule has 1 aromatic carbocycles. The van der Waals surface area contributed by atoms with Crippen molar-refractivity contribution in [3.63, 3.8) is 0 Å². The first kappa shape index (κ1) is 14.3. The number of nitrogens with one attached hydrogen (secondary N) is 1. The summed E-state index contributed by atoms with van der Waals surface area (Å²) in [7, 11) is 0. The van der Waals surface area contributed by atoms with Gasteiger partial charge in [-0.2, -0.15) is 0 Å². The molecule has 0 unspecified atom stereocenters. The normalized spacial score (nSPS) is 15.9. The number of hydrogen-bond donors (Lipinski definition) is 2. The molecule has 118 valence electrons. The van der Waals surface area contributed by atoms with Crippen molar-refractivity contribution in [1.82, 2.24) is 9.97 Å². The Bertz CT molecular complexity index is 774. The first-order valence-corrected chi connectivity index (χ1v) is 8.69. The van der Waals surface area contributed by atoms with Crippen LogP contribution in [0.15, 0.2) is 42.6 Å². The van der Waals surface area contributed by atoms with Crippen molar-refractivity contribution in [3.8, 4) is 0 Å². The van der Waals surface area contributed by atoms with Gasteiger partial charge in [-0.3, -0.25) is 0 Å². The van der Waals surface area contributed by atoms with E-state index in [0.717, 1.165) is 42.4 Å². The molecule has 23 heavy (non-hydrogen) atoms. The lowest BCUT2D eigenvalue weighted by atomic mass is 10.1. The summed E-state index contributed by atoms with van der Waals surface area (Å²) in [6, 6.07) is 12.5. The van der Waals surface area contributed by atoms with Crippen LogP contribution in [-0.2, 0) is 0 Å². The van der Waals surface area contributed by atoms with Crippen LogP contribution in [0.2, 0.25) is 0 Å². The zero-order valence-corrected chi connectivity index (χ0v) is 13.6. The average molecular weight is 325 g/mol. The van der Waals surface area contributed by atoms with Gasteiger partial charge in [-0.1, -0.05) is 23.5 Å². The van der Waals surface area contributed by atoms with Crippen LogP contribution in [0.5, 0.6) is 0 Å². The van der Waals surface area contributed by atoms with Crippen LogP contribution in [0, 0.1) is 0 Å². The van der Waals surface area contributed by atoms with Gasteiger partial charge in [0.2, 0.25) is 0 Å². The van der Waals surface area contributed by atoms with Gasteiger partial charge in [0, 0.05) is 25.3 Å². The van der Waals surface area contributed by atoms with Crippen molar-refractivity contribution in [2.45, 2.75) is 18.9 Å². The molecule has 0 aliphatic carbocycles. The van der Waals surface area contributed by atoms with Crippen LogP contribution in [-0.4, -0.2) is 29.1 Å². The quantitative estimate of drug-likeness (QED) is 0.773. The van der Waals surface area contributed by atoms with Crippen LogP contribution < -0.4 is 16.0 Å². The first-order valence-electron chi connectivity index (χ1n) is 7.87. The van der Waals surface area contributed by atoms with E-state index in [9.17, 15) is 0 Å². The fourth-order valence-corrected chi connectivity index (χ4v) is 3.96. The second-order valence-electron chi connectivity index (χ2n) is 5.81. The minimum Gasteiger partial charge on any atom is -0.396 e. The van der Waals surface area contributed by atoms with Crippen molar-refractivity contribution < 1.29 is 0 Å². The summed E-state index contributed by atoms with van der Waals surface area (Å²) in [5.41, 5.74) is 7.76. The van der Waals surface area contributed by atoms with Crippen molar-refractivity contribution in [2.24, 2.45) is 0 Å². The van der Waals surface area contributed by atoms with Crippen LogP contribution in [0.25, 0.3) is 10.2 Å². The fourth-order valence-electron chi connectivity index (χ4n) is 2.94. The van der Waals surface area contributed by atoms with Crippen LogP contribution in [0.3, 0.4) is 0 Å². The summed E-state index contributed by atoms with van der Waals surface area (Å²) in [6.07, 6.45) is 3.90. The standard InChI is InChI=1S/C17H19N5S/c18-13-4-3-9-19-16(13)20-12-7-10-22(11-8-12)17-21-14-5-1-2-6-15(14)23-17/h1-6,9,12H,7-8,10-11,18H2,(H,19,20). The molecule has 4 rings (SSSR count). The molecule has 0 atom stereocenters. The Kier molecular flexibility index (Phi) is 3.75. The molecular formula is C17H19N5S. The van der Waals surface area contributed by atoms with E-state index in [-0.39, 0.29) is 0 Å². The van der Waals surface area contributed by atoms with Gasteiger partial charge >= 0.3 is 0 Å². The second kappa shape index (κ2) is 6.04. The second-order valence-corrected chi connectivity index (χ2v) is 6.82. The van der Waals surface area contributed by atoms with Gasteiger partial charge in [-0.15, -0.1) is 0 Å². The molecule has 1 aliphatic rings. The molecule has 0 saturated carbocycles. The van der Waals surface area contributed by atoms with Crippen LogP contribution >= 0.6 is 11.3 Å². The monoisotopic (exact) mass is 325 g/mol. The Balaban J connectivity index is 1.41. The lowest BCUT2D eigenvalue weighted by Crippen LogP contribution is -2.39. The molecule has 3 heterocycles. The average Bonchev–Trinajstić information content (AvgIpc) is 3.02. The summed E-state index contributed by atoms with van der Waals surface area (Å²) in [6.45, 7) is 2.01. The maximum Gasteiger partial charge on any atom is 0.186 e. The number of hydrogen-bond acceptors (Lipinski definition) is 6. The molecular weight excluding hydrogens is 306 g/mol. The third kappa shape index (κ3) is 2.94. The van der Waals surface area contributed by atoms with E-state index >= 15 is 0 Å². The predicted octanol–water partition coefficient (Wildman–Crippen LogP) is 3.35. The summed E-state index contributed by atoms with van der Waals surface area (Å²) < 4.78 is 1.25. The molecule has 0 radical (unpaired) electrons. The molecule has 3 aromatic rings. The SMILES string of the molecule is Nc1cccnc1NC1CCN(c2nc3ccccc3s2)CC1. The van der Waals surface area contributed by atoms with Gasteiger partial charge < -0.3 is 16.0 Å². The Morgan fingerprint density at radius 3 is 2.74 bits per heavy atom. The minimum absolute atomic E-state index is 0.415. The summed E-state index contributed by atoms with van der Waals surface area (Å²) in [5, 5.41) is 4.59. The number of rotatable bonds is 3. The zero-order chi connectivity index (χ0) is 15.6. The number of thiazole rings is 1. The van der Waals surface area contributed by atoms with E-state index in [1.165, 1.54) is 4.70 Å². The topological polar surface area (TPSA) is 67.1 Å². The van der Waals surface area contributed by atoms with E-state index in [2.05, 4.69) is 33.4 Å². The van der Waals surface area contributed by atoms with Crippen molar-refractivity contribution in [1.29, 1.82) is 0 Å². The maximum atomic E-state index is 5.96. The van der Waals surface area contributed by atoms with Gasteiger partial charge in [-0.05, 0) is 37.1 Å². The van der Waals surface area contributed by atoms with Gasteiger partial charge in [-0.25, -0.2) is 9.97 Å². The third-order valence-electron chi connectivity index (χ3n) is 4.23. The number of para-hydroxylation sites is 1. The Morgan fingerprint density at radius 2 is 1.96 bits per heavy atom. The number of aromatic nitrogens is 2. The van der Waals surface area contributed by atoms with E-state index in [4.69, 9.17) is 10.7 Å². The molecule has 3 N–H and O–H groups in total. The number of benzene rings is 1. The zero-order valence-electron chi connectivity index (χ0n) is 12.8. The molecule has 0 amide bonds. The first-order chi connectivity index (χ1) is 11.3. The summed E-state index contributed by atoms with van der Waals surface area (Å²) in [4.78, 5) is 11.4. The van der Waals surface area contributed by atoms with Crippen LogP contribution in [0.1, 0.15) is 12.8 Å². The Hall–Kier alpha value is -2.34. The summed E-state index contributed by atoms with van der Waals surface area (Å²) in [5.74, 6) is 0.797. The molecule has 1 aliphatic heterocycles. The Labute approximate surface area is 139 Å². The van der Waals surface area contributed by atoms with Gasteiger partial charge in [0.15, 0.2) is 5.13 Å². The van der Waals surface area contributed by atoms with E-state index in [0.29, 0.717) is 11.7 Å².